The Morgan fingerprint density at radius 2 is 2.03 bits per heavy atom. The second-order valence-electron chi connectivity index (χ2n) is 8.62. The number of halogens is 1. The number of aromatic amines is 1. The van der Waals surface area contributed by atoms with Gasteiger partial charge in [0.05, 0.1) is 17.4 Å². The number of carbonyl (C=O) groups is 2. The van der Waals surface area contributed by atoms with Gasteiger partial charge in [-0.25, -0.2) is 9.18 Å². The fourth-order valence-corrected chi connectivity index (χ4v) is 4.06. The fourth-order valence-electron chi connectivity index (χ4n) is 4.06. The third-order valence-electron chi connectivity index (χ3n) is 5.29. The zero-order chi connectivity index (χ0) is 22.3. The van der Waals surface area contributed by atoms with E-state index in [0.717, 1.165) is 16.5 Å². The SMILES string of the molecule is CC(C)OC(=O)C1=CN(C(=O)c2cccc(F)c2)CC(C)(C)c2c1[nH]c1ccncc21. The van der Waals surface area contributed by atoms with Crippen LogP contribution >= 0.6 is 0 Å². The van der Waals surface area contributed by atoms with Crippen LogP contribution in [0.3, 0.4) is 0 Å². The summed E-state index contributed by atoms with van der Waals surface area (Å²) in [6.45, 7) is 7.83. The van der Waals surface area contributed by atoms with Gasteiger partial charge in [-0.2, -0.15) is 0 Å². The highest BCUT2D eigenvalue weighted by molar-refractivity contribution is 6.18. The molecule has 0 fully saturated rings. The van der Waals surface area contributed by atoms with E-state index >= 15 is 0 Å². The van der Waals surface area contributed by atoms with E-state index in [0.29, 0.717) is 5.69 Å². The lowest BCUT2D eigenvalue weighted by Crippen LogP contribution is -2.37. The predicted molar refractivity (Wildman–Crippen MR) is 116 cm³/mol. The van der Waals surface area contributed by atoms with Crippen LogP contribution in [-0.4, -0.2) is 39.4 Å². The summed E-state index contributed by atoms with van der Waals surface area (Å²) in [7, 11) is 0. The number of H-pyrrole nitrogens is 1. The molecule has 0 unspecified atom stereocenters. The average molecular weight is 421 g/mol. The molecule has 0 saturated heterocycles. The molecule has 1 aliphatic rings. The van der Waals surface area contributed by atoms with E-state index < -0.39 is 23.1 Å². The molecule has 7 heteroatoms. The van der Waals surface area contributed by atoms with Crippen molar-refractivity contribution in [3.8, 4) is 0 Å². The number of hydrogen-bond acceptors (Lipinski definition) is 4. The molecular formula is C24H24FN3O3. The maximum atomic E-state index is 13.7. The van der Waals surface area contributed by atoms with Crippen LogP contribution in [-0.2, 0) is 14.9 Å². The van der Waals surface area contributed by atoms with Gasteiger partial charge in [0, 0.05) is 47.0 Å². The van der Waals surface area contributed by atoms with E-state index in [1.165, 1.54) is 29.3 Å². The second-order valence-corrected chi connectivity index (χ2v) is 8.62. The van der Waals surface area contributed by atoms with E-state index in [4.69, 9.17) is 4.74 Å². The number of benzene rings is 1. The zero-order valence-electron chi connectivity index (χ0n) is 17.9. The number of nitrogens with one attached hydrogen (secondary N) is 1. The molecule has 0 bridgehead atoms. The third kappa shape index (κ3) is 3.83. The molecule has 3 aromatic rings. The molecule has 6 nitrogen and oxygen atoms in total. The monoisotopic (exact) mass is 421 g/mol. The van der Waals surface area contributed by atoms with E-state index in [1.807, 2.05) is 19.9 Å². The number of amides is 1. The fraction of sp³-hybridized carbons (Fsp3) is 0.292. The van der Waals surface area contributed by atoms with Crippen molar-refractivity contribution in [1.29, 1.82) is 0 Å². The largest absolute Gasteiger partial charge is 0.459 e. The van der Waals surface area contributed by atoms with Crippen molar-refractivity contribution in [2.45, 2.75) is 39.2 Å². The number of fused-ring (bicyclic) bond motifs is 3. The zero-order valence-corrected chi connectivity index (χ0v) is 17.9. The number of carbonyl (C=O) groups excluding carboxylic acids is 2. The summed E-state index contributed by atoms with van der Waals surface area (Å²) in [6, 6.07) is 7.38. The van der Waals surface area contributed by atoms with Gasteiger partial charge < -0.3 is 14.6 Å². The Kier molecular flexibility index (Phi) is 5.13. The number of pyridine rings is 1. The number of aromatic nitrogens is 2. The molecule has 0 aliphatic carbocycles. The lowest BCUT2D eigenvalue weighted by Gasteiger charge is -2.29. The Morgan fingerprint density at radius 3 is 2.74 bits per heavy atom. The number of nitrogens with zero attached hydrogens (tertiary/aromatic N) is 2. The normalized spacial score (nSPS) is 15.4. The van der Waals surface area contributed by atoms with Crippen molar-refractivity contribution in [3.63, 3.8) is 0 Å². The van der Waals surface area contributed by atoms with Gasteiger partial charge >= 0.3 is 5.97 Å². The van der Waals surface area contributed by atoms with Crippen LogP contribution in [0.1, 0.15) is 49.3 Å². The van der Waals surface area contributed by atoms with E-state index in [9.17, 15) is 14.0 Å². The second kappa shape index (κ2) is 7.65. The van der Waals surface area contributed by atoms with Crippen molar-refractivity contribution in [2.24, 2.45) is 0 Å². The van der Waals surface area contributed by atoms with E-state index in [-0.39, 0.29) is 23.8 Å². The Hall–Kier alpha value is -3.48. The van der Waals surface area contributed by atoms with Gasteiger partial charge in [0.25, 0.3) is 5.91 Å². The molecule has 4 rings (SSSR count). The summed E-state index contributed by atoms with van der Waals surface area (Å²) in [5.74, 6) is -1.42. The Bertz CT molecular complexity index is 1210. The van der Waals surface area contributed by atoms with Crippen LogP contribution in [0.4, 0.5) is 4.39 Å². The minimum atomic E-state index is -0.537. The molecule has 3 heterocycles. The van der Waals surface area contributed by atoms with Gasteiger partial charge in [-0.05, 0) is 43.7 Å². The van der Waals surface area contributed by atoms with Crippen LogP contribution in [0.25, 0.3) is 16.5 Å². The molecule has 2 aromatic heterocycles. The Morgan fingerprint density at radius 1 is 1.26 bits per heavy atom. The van der Waals surface area contributed by atoms with E-state index in [2.05, 4.69) is 9.97 Å². The van der Waals surface area contributed by atoms with Crippen molar-refractivity contribution >= 4 is 28.4 Å². The number of ether oxygens (including phenoxy) is 1. The first-order valence-electron chi connectivity index (χ1n) is 10.1. The highest BCUT2D eigenvalue weighted by Crippen LogP contribution is 2.40. The molecule has 0 radical (unpaired) electrons. The van der Waals surface area contributed by atoms with Crippen LogP contribution in [0.2, 0.25) is 0 Å². The van der Waals surface area contributed by atoms with Crippen LogP contribution in [0, 0.1) is 5.82 Å². The standard InChI is InChI=1S/C24H24FN3O3/c1-14(2)31-23(30)18-12-28(22(29)15-6-5-7-16(25)10-15)13-24(3,4)20-17-11-26-9-8-19(17)27-21(18)20/h5-12,14,27H,13H2,1-4H3. The van der Waals surface area contributed by atoms with Crippen molar-refractivity contribution in [2.75, 3.05) is 6.54 Å². The van der Waals surface area contributed by atoms with E-state index in [1.54, 1.807) is 32.3 Å². The van der Waals surface area contributed by atoms with Crippen molar-refractivity contribution < 1.29 is 18.7 Å². The molecule has 1 aromatic carbocycles. The molecule has 1 N–H and O–H groups in total. The highest BCUT2D eigenvalue weighted by atomic mass is 19.1. The summed E-state index contributed by atoms with van der Waals surface area (Å²) < 4.78 is 19.2. The average Bonchev–Trinajstić information content (AvgIpc) is 3.04. The van der Waals surface area contributed by atoms with Crippen molar-refractivity contribution in [1.82, 2.24) is 14.9 Å². The molecule has 160 valence electrons. The first-order chi connectivity index (χ1) is 14.7. The first-order valence-corrected chi connectivity index (χ1v) is 10.1. The smallest absolute Gasteiger partial charge is 0.342 e. The summed E-state index contributed by atoms with van der Waals surface area (Å²) in [5.41, 5.74) is 2.26. The van der Waals surface area contributed by atoms with Crippen molar-refractivity contribution in [3.05, 3.63) is 71.6 Å². The van der Waals surface area contributed by atoms with Gasteiger partial charge in [-0.15, -0.1) is 0 Å². The quantitative estimate of drug-likeness (QED) is 0.635. The van der Waals surface area contributed by atoms with Gasteiger partial charge in [-0.1, -0.05) is 19.9 Å². The summed E-state index contributed by atoms with van der Waals surface area (Å²) in [5, 5.41) is 0.880. The Balaban J connectivity index is 1.90. The van der Waals surface area contributed by atoms with Gasteiger partial charge in [-0.3, -0.25) is 9.78 Å². The summed E-state index contributed by atoms with van der Waals surface area (Å²) >= 11 is 0. The van der Waals surface area contributed by atoms with Crippen LogP contribution < -0.4 is 0 Å². The molecule has 1 aliphatic heterocycles. The van der Waals surface area contributed by atoms with Gasteiger partial charge in [0.2, 0.25) is 0 Å². The minimum Gasteiger partial charge on any atom is -0.459 e. The maximum Gasteiger partial charge on any atom is 0.342 e. The predicted octanol–water partition coefficient (Wildman–Crippen LogP) is 4.43. The molecule has 1 amide bonds. The van der Waals surface area contributed by atoms with Gasteiger partial charge in [0.15, 0.2) is 0 Å². The van der Waals surface area contributed by atoms with Gasteiger partial charge in [0.1, 0.15) is 5.82 Å². The molecule has 0 atom stereocenters. The maximum absolute atomic E-state index is 13.7. The van der Waals surface area contributed by atoms with Crippen LogP contribution in [0.15, 0.2) is 48.9 Å². The molecule has 31 heavy (non-hydrogen) atoms. The Labute approximate surface area is 179 Å². The summed E-state index contributed by atoms with van der Waals surface area (Å²) in [4.78, 5) is 35.3. The topological polar surface area (TPSA) is 75.3 Å². The number of hydrogen-bond donors (Lipinski definition) is 1. The third-order valence-corrected chi connectivity index (χ3v) is 5.29. The molecule has 0 saturated carbocycles. The lowest BCUT2D eigenvalue weighted by atomic mass is 9.82. The molecular weight excluding hydrogens is 397 g/mol. The van der Waals surface area contributed by atoms with Crippen LogP contribution in [0.5, 0.6) is 0 Å². The number of esters is 1. The number of rotatable bonds is 3. The molecule has 0 spiro atoms. The summed E-state index contributed by atoms with van der Waals surface area (Å²) in [6.07, 6.45) is 4.61. The lowest BCUT2D eigenvalue weighted by molar-refractivity contribution is -0.140. The highest BCUT2D eigenvalue weighted by Gasteiger charge is 2.37. The first kappa shape index (κ1) is 20.8. The minimum absolute atomic E-state index is 0.209.